The molecule has 0 aromatic heterocycles. The van der Waals surface area contributed by atoms with E-state index in [1.807, 2.05) is 232 Å². The van der Waals surface area contributed by atoms with Crippen molar-refractivity contribution in [3.63, 3.8) is 0 Å². The number of ether oxygens (including phenoxy) is 13. The number of carbonyl (C=O) groups excluding carboxylic acids is 1. The van der Waals surface area contributed by atoms with Crippen molar-refractivity contribution in [1.82, 2.24) is 0 Å². The smallest absolute Gasteiger partial charge is 0.338 e. The molecule has 0 amide bonds. The second-order valence-electron chi connectivity index (χ2n) is 22.5. The Labute approximate surface area is 521 Å². The molecule has 3 heterocycles. The van der Waals surface area contributed by atoms with Crippen LogP contribution in [0.1, 0.15) is 63.1 Å². The Kier molecular flexibility index (Phi) is 23.1. The first-order valence-corrected chi connectivity index (χ1v) is 30.6. The summed E-state index contributed by atoms with van der Waals surface area (Å²) in [5, 5.41) is 12.2. The summed E-state index contributed by atoms with van der Waals surface area (Å²) in [6, 6.07) is 77.4. The third kappa shape index (κ3) is 17.6. The van der Waals surface area contributed by atoms with Gasteiger partial charge in [0.05, 0.1) is 70.6 Å². The minimum Gasteiger partial charge on any atom is -0.450 e. The molecule has 3 aliphatic rings. The molecule has 0 spiro atoms. The van der Waals surface area contributed by atoms with E-state index in [1.54, 1.807) is 24.3 Å². The lowest BCUT2D eigenvalue weighted by molar-refractivity contribution is -0.389. The number of carbonyl (C=O) groups is 1. The fourth-order valence-corrected chi connectivity index (χ4v) is 11.4. The highest BCUT2D eigenvalue weighted by atomic mass is 16.8. The lowest BCUT2D eigenvalue weighted by Crippen LogP contribution is -2.67. The molecular weight excluding hydrogens is 1130 g/mol. The first kappa shape index (κ1) is 63.3. The molecule has 8 aromatic carbocycles. The minimum absolute atomic E-state index is 0.0386. The van der Waals surface area contributed by atoms with E-state index in [-0.39, 0.29) is 58.4 Å². The molecule has 15 atom stereocenters. The van der Waals surface area contributed by atoms with Crippen LogP contribution < -0.4 is 0 Å². The van der Waals surface area contributed by atoms with Crippen LogP contribution in [0.4, 0.5) is 0 Å². The zero-order valence-electron chi connectivity index (χ0n) is 50.1. The van der Waals surface area contributed by atoms with Gasteiger partial charge in [0.2, 0.25) is 0 Å². The quantitative estimate of drug-likeness (QED) is 0.0462. The van der Waals surface area contributed by atoms with Crippen molar-refractivity contribution in [1.29, 1.82) is 0 Å². The Bertz CT molecular complexity index is 3290. The average molecular weight is 1210 g/mol. The first-order valence-electron chi connectivity index (χ1n) is 30.6. The van der Waals surface area contributed by atoms with Crippen molar-refractivity contribution in [2.24, 2.45) is 0 Å². The standard InChI is InChI=1S/C74H78O15/c1-51-62(78-44-54-29-13-4-14-30-54)65(81-47-57-35-19-7-20-36-57)68(72(76)84-51)89-74-70(87-71(75)60-41-25-10-26-42-60)67(63(52(2)85-74)79-45-55-31-15-5-16-32-55)88-73-69(83-49-59-39-23-9-24-40-59)66(82-48-58-37-21-8-22-38-58)64(80-46-56-33-17-6-18-34-56)61(86-73)50-77-43-53-27-11-3-12-28-53/h3-42,51-52,61-70,72-74,76H,43-50H2,1-2H3/t51-,52-,61+,62-,63-,64+,65+,66-,67+,68+,69+,70+,72+,73+,74-/m0/s1. The van der Waals surface area contributed by atoms with E-state index in [2.05, 4.69) is 0 Å². The predicted molar refractivity (Wildman–Crippen MR) is 331 cm³/mol. The molecule has 3 saturated heterocycles. The predicted octanol–water partition coefficient (Wildman–Crippen LogP) is 11.9. The zero-order chi connectivity index (χ0) is 61.0. The summed E-state index contributed by atoms with van der Waals surface area (Å²) in [7, 11) is 0. The SMILES string of the molecule is C[C@@H]1O[C@@H](O)[C@H](O[C@@H]2O[C@@H](C)[C@H](OCc3ccccc3)[C@@H](O[C@H]3O[C@H](COCc4ccccc4)[C@@H](OCc4ccccc4)[C@H](OCc4ccccc4)[C@H]3OCc3ccccc3)[C@H]2OC(=O)c2ccccc2)[C@H](OCc2ccccc2)[C@H]1OCc1ccccc1. The Hall–Kier alpha value is -7.29. The minimum atomic E-state index is -1.58. The highest BCUT2D eigenvalue weighted by Crippen LogP contribution is 2.39. The van der Waals surface area contributed by atoms with Gasteiger partial charge in [0, 0.05) is 0 Å². The molecule has 15 nitrogen and oxygen atoms in total. The summed E-state index contributed by atoms with van der Waals surface area (Å²) in [6.07, 6.45) is -16.3. The zero-order valence-corrected chi connectivity index (χ0v) is 50.1. The molecule has 89 heavy (non-hydrogen) atoms. The van der Waals surface area contributed by atoms with Gasteiger partial charge >= 0.3 is 5.97 Å². The lowest BCUT2D eigenvalue weighted by atomic mass is 9.95. The summed E-state index contributed by atoms with van der Waals surface area (Å²) >= 11 is 0. The van der Waals surface area contributed by atoms with E-state index in [0.29, 0.717) is 0 Å². The molecule has 3 fully saturated rings. The molecule has 0 saturated carbocycles. The normalized spacial score (nSPS) is 26.9. The van der Waals surface area contributed by atoms with Crippen LogP contribution in [-0.2, 0) is 108 Å². The second-order valence-corrected chi connectivity index (χ2v) is 22.5. The summed E-state index contributed by atoms with van der Waals surface area (Å²) in [5.74, 6) is -0.708. The van der Waals surface area contributed by atoms with E-state index in [1.165, 1.54) is 0 Å². The number of aliphatic hydroxyl groups excluding tert-OH is 1. The molecule has 0 bridgehead atoms. The van der Waals surface area contributed by atoms with Crippen molar-refractivity contribution in [2.45, 2.75) is 152 Å². The number of benzene rings is 8. The van der Waals surface area contributed by atoms with E-state index >= 15 is 0 Å². The molecule has 0 unspecified atom stereocenters. The van der Waals surface area contributed by atoms with Crippen LogP contribution in [0.25, 0.3) is 0 Å². The number of hydrogen-bond donors (Lipinski definition) is 1. The van der Waals surface area contributed by atoms with Crippen molar-refractivity contribution < 1.29 is 71.5 Å². The number of rotatable bonds is 28. The van der Waals surface area contributed by atoms with Gasteiger partial charge in [0.1, 0.15) is 54.9 Å². The van der Waals surface area contributed by atoms with Crippen molar-refractivity contribution >= 4 is 5.97 Å². The highest BCUT2D eigenvalue weighted by molar-refractivity contribution is 5.89. The summed E-state index contributed by atoms with van der Waals surface area (Å²) < 4.78 is 90.5. The first-order chi connectivity index (χ1) is 43.8. The lowest BCUT2D eigenvalue weighted by Gasteiger charge is -2.51. The van der Waals surface area contributed by atoms with Crippen LogP contribution in [0.15, 0.2) is 243 Å². The number of aliphatic hydroxyl groups is 1. The largest absolute Gasteiger partial charge is 0.450 e. The average Bonchev–Trinajstić information content (AvgIpc) is 1.46. The number of esters is 1. The maximum absolute atomic E-state index is 14.9. The maximum atomic E-state index is 14.9. The van der Waals surface area contributed by atoms with Gasteiger partial charge in [-0.05, 0) is 64.9 Å². The van der Waals surface area contributed by atoms with Crippen LogP contribution in [-0.4, -0.2) is 110 Å². The van der Waals surface area contributed by atoms with Crippen LogP contribution in [0, 0.1) is 0 Å². The monoisotopic (exact) mass is 1210 g/mol. The molecule has 15 heteroatoms. The van der Waals surface area contributed by atoms with Crippen LogP contribution in [0.3, 0.4) is 0 Å². The summed E-state index contributed by atoms with van der Waals surface area (Å²) in [6.45, 7) is 4.92. The molecule has 8 aromatic rings. The summed E-state index contributed by atoms with van der Waals surface area (Å²) in [5.41, 5.74) is 6.62. The van der Waals surface area contributed by atoms with Gasteiger partial charge in [-0.3, -0.25) is 0 Å². The van der Waals surface area contributed by atoms with Crippen LogP contribution in [0.2, 0.25) is 0 Å². The van der Waals surface area contributed by atoms with E-state index in [0.717, 1.165) is 38.9 Å². The van der Waals surface area contributed by atoms with Gasteiger partial charge in [-0.25, -0.2) is 4.79 Å². The molecular formula is C74H78O15. The third-order valence-corrected chi connectivity index (χ3v) is 16.0. The number of hydrogen-bond acceptors (Lipinski definition) is 15. The molecule has 1 N–H and O–H groups in total. The van der Waals surface area contributed by atoms with E-state index in [4.69, 9.17) is 61.6 Å². The van der Waals surface area contributed by atoms with Crippen molar-refractivity contribution in [3.8, 4) is 0 Å². The van der Waals surface area contributed by atoms with Gasteiger partial charge in [-0.15, -0.1) is 0 Å². The highest BCUT2D eigenvalue weighted by Gasteiger charge is 2.57. The Morgan fingerprint density at radius 1 is 0.337 bits per heavy atom. The second kappa shape index (κ2) is 32.4. The van der Waals surface area contributed by atoms with E-state index < -0.39 is 98.1 Å². The maximum Gasteiger partial charge on any atom is 0.338 e. The third-order valence-electron chi connectivity index (χ3n) is 16.0. The Morgan fingerprint density at radius 2 is 0.652 bits per heavy atom. The van der Waals surface area contributed by atoms with Gasteiger partial charge in [-0.1, -0.05) is 231 Å². The summed E-state index contributed by atoms with van der Waals surface area (Å²) in [4.78, 5) is 14.9. The van der Waals surface area contributed by atoms with Gasteiger partial charge in [0.25, 0.3) is 0 Å². The van der Waals surface area contributed by atoms with Crippen LogP contribution in [0.5, 0.6) is 0 Å². The fraction of sp³-hybridized carbons (Fsp3) is 0.338. The Balaban J connectivity index is 1.00. The van der Waals surface area contributed by atoms with Gasteiger partial charge in [-0.2, -0.15) is 0 Å². The molecule has 0 aliphatic carbocycles. The Morgan fingerprint density at radius 3 is 1.08 bits per heavy atom. The fourth-order valence-electron chi connectivity index (χ4n) is 11.4. The van der Waals surface area contributed by atoms with Crippen molar-refractivity contribution in [2.75, 3.05) is 6.61 Å². The molecule has 0 radical (unpaired) electrons. The van der Waals surface area contributed by atoms with Crippen molar-refractivity contribution in [3.05, 3.63) is 287 Å². The topological polar surface area (TPSA) is 157 Å². The molecule has 11 rings (SSSR count). The van der Waals surface area contributed by atoms with E-state index in [9.17, 15) is 9.90 Å². The van der Waals surface area contributed by atoms with Crippen LogP contribution >= 0.6 is 0 Å². The van der Waals surface area contributed by atoms with Gasteiger partial charge < -0.3 is 66.7 Å². The molecule has 3 aliphatic heterocycles. The molecule has 464 valence electrons. The van der Waals surface area contributed by atoms with Gasteiger partial charge in [0.15, 0.2) is 25.0 Å².